The minimum atomic E-state index is 0.0773. The van der Waals surface area contributed by atoms with Gasteiger partial charge in [0.2, 0.25) is 5.88 Å². The maximum Gasteiger partial charge on any atom is 0.217 e. The molecule has 0 radical (unpaired) electrons. The van der Waals surface area contributed by atoms with Gasteiger partial charge in [0, 0.05) is 31.7 Å². The van der Waals surface area contributed by atoms with E-state index in [-0.39, 0.29) is 11.6 Å². The molecule has 0 amide bonds. The van der Waals surface area contributed by atoms with Crippen LogP contribution in [0.5, 0.6) is 5.88 Å². The number of methoxy groups -OCH3 is 1. The first-order valence-corrected chi connectivity index (χ1v) is 7.27. The molecule has 0 aromatic carbocycles. The summed E-state index contributed by atoms with van der Waals surface area (Å²) < 4.78 is 13.3. The number of hydrogen-bond acceptors (Lipinski definition) is 4. The molecule has 2 rings (SSSR count). The lowest BCUT2D eigenvalue weighted by molar-refractivity contribution is 0.0859. The highest BCUT2D eigenvalue weighted by atomic mass is 16.5. The molecule has 2 atom stereocenters. The van der Waals surface area contributed by atoms with Crippen molar-refractivity contribution in [3.63, 3.8) is 0 Å². The third-order valence-electron chi connectivity index (χ3n) is 3.80. The summed E-state index contributed by atoms with van der Waals surface area (Å²) in [5.74, 6) is 1.28. The third-order valence-corrected chi connectivity index (χ3v) is 3.80. The zero-order valence-electron chi connectivity index (χ0n) is 13.5. The van der Waals surface area contributed by atoms with Gasteiger partial charge in [-0.2, -0.15) is 5.10 Å². The van der Waals surface area contributed by atoms with Crippen molar-refractivity contribution in [2.24, 2.45) is 13.0 Å². The van der Waals surface area contributed by atoms with Crippen LogP contribution in [-0.2, 0) is 11.8 Å². The summed E-state index contributed by atoms with van der Waals surface area (Å²) in [6, 6.07) is 0. The molecular weight excluding hydrogens is 254 g/mol. The van der Waals surface area contributed by atoms with Crippen molar-refractivity contribution in [2.45, 2.75) is 45.8 Å². The van der Waals surface area contributed by atoms with E-state index in [2.05, 4.69) is 31.2 Å². The highest BCUT2D eigenvalue weighted by Gasteiger charge is 2.35. The van der Waals surface area contributed by atoms with Gasteiger partial charge in [0.25, 0.3) is 0 Å². The van der Waals surface area contributed by atoms with Gasteiger partial charge in [0.15, 0.2) is 0 Å². The lowest BCUT2D eigenvalue weighted by Crippen LogP contribution is -2.39. The Morgan fingerprint density at radius 2 is 2.15 bits per heavy atom. The minimum Gasteiger partial charge on any atom is -0.481 e. The smallest absolute Gasteiger partial charge is 0.217 e. The molecule has 0 aliphatic carbocycles. The predicted octanol–water partition coefficient (Wildman–Crippen LogP) is 2.20. The molecule has 5 nitrogen and oxygen atoms in total. The fourth-order valence-corrected chi connectivity index (χ4v) is 2.82. The van der Waals surface area contributed by atoms with Gasteiger partial charge in [0.05, 0.1) is 24.5 Å². The minimum absolute atomic E-state index is 0.0773. The van der Waals surface area contributed by atoms with E-state index in [4.69, 9.17) is 9.47 Å². The molecule has 1 N–H and O–H groups in total. The number of hydrogen-bond donors (Lipinski definition) is 1. The van der Waals surface area contributed by atoms with Crippen LogP contribution >= 0.6 is 0 Å². The zero-order valence-corrected chi connectivity index (χ0v) is 13.5. The predicted molar refractivity (Wildman–Crippen MR) is 79.1 cm³/mol. The molecule has 1 aromatic heterocycles. The summed E-state index contributed by atoms with van der Waals surface area (Å²) in [6.45, 7) is 10.3. The molecule has 5 heteroatoms. The quantitative estimate of drug-likeness (QED) is 0.919. The highest BCUT2D eigenvalue weighted by molar-refractivity contribution is 5.34. The average Bonchev–Trinajstić information content (AvgIpc) is 2.89. The molecule has 114 valence electrons. The fourth-order valence-electron chi connectivity index (χ4n) is 2.82. The van der Waals surface area contributed by atoms with Crippen molar-refractivity contribution in [1.82, 2.24) is 15.1 Å². The molecule has 1 saturated heterocycles. The van der Waals surface area contributed by atoms with Crippen LogP contribution in [0.1, 0.15) is 44.6 Å². The highest BCUT2D eigenvalue weighted by Crippen LogP contribution is 2.40. The third kappa shape index (κ3) is 3.15. The topological polar surface area (TPSA) is 48.3 Å². The molecular formula is C15H27N3O2. The zero-order chi connectivity index (χ0) is 14.9. The van der Waals surface area contributed by atoms with Gasteiger partial charge in [-0.05, 0) is 34.1 Å². The van der Waals surface area contributed by atoms with Gasteiger partial charge in [-0.1, -0.05) is 0 Å². The summed E-state index contributed by atoms with van der Waals surface area (Å²) in [5, 5.41) is 8.04. The molecule has 1 aliphatic heterocycles. The van der Waals surface area contributed by atoms with Gasteiger partial charge >= 0.3 is 0 Å². The van der Waals surface area contributed by atoms with E-state index in [1.165, 1.54) is 0 Å². The van der Waals surface area contributed by atoms with Crippen molar-refractivity contribution >= 4 is 0 Å². The first-order chi connectivity index (χ1) is 9.33. The molecule has 1 fully saturated rings. The van der Waals surface area contributed by atoms with E-state index in [1.807, 2.05) is 14.0 Å². The van der Waals surface area contributed by atoms with Crippen LogP contribution in [0.25, 0.3) is 0 Å². The van der Waals surface area contributed by atoms with Crippen molar-refractivity contribution in [3.8, 4) is 5.88 Å². The van der Waals surface area contributed by atoms with E-state index in [0.717, 1.165) is 36.7 Å². The monoisotopic (exact) mass is 281 g/mol. The number of aromatic nitrogens is 2. The van der Waals surface area contributed by atoms with Crippen LogP contribution in [0, 0.1) is 12.8 Å². The Kier molecular flexibility index (Phi) is 4.39. The summed E-state index contributed by atoms with van der Waals surface area (Å²) >= 11 is 0. The van der Waals surface area contributed by atoms with Gasteiger partial charge in [-0.15, -0.1) is 0 Å². The lowest BCUT2D eigenvalue weighted by atomic mass is 9.94. The van der Waals surface area contributed by atoms with Crippen LogP contribution in [0.3, 0.4) is 0 Å². The Labute approximate surface area is 121 Å². The SMILES string of the molecule is COc1c(C2OCCC2CNC(C)(C)C)c(C)nn1C. The van der Waals surface area contributed by atoms with Crippen LogP contribution in [0.2, 0.25) is 0 Å². The van der Waals surface area contributed by atoms with Crippen LogP contribution in [0.4, 0.5) is 0 Å². The number of ether oxygens (including phenoxy) is 2. The number of aryl methyl sites for hydroxylation is 2. The normalized spacial score (nSPS) is 23.3. The van der Waals surface area contributed by atoms with Gasteiger partial charge in [-0.3, -0.25) is 0 Å². The van der Waals surface area contributed by atoms with Crippen molar-refractivity contribution < 1.29 is 9.47 Å². The summed E-state index contributed by atoms with van der Waals surface area (Å²) in [6.07, 6.45) is 1.15. The second kappa shape index (κ2) is 5.74. The number of nitrogens with zero attached hydrogens (tertiary/aromatic N) is 2. The molecule has 0 spiro atoms. The Morgan fingerprint density at radius 1 is 1.45 bits per heavy atom. The molecule has 0 saturated carbocycles. The lowest BCUT2D eigenvalue weighted by Gasteiger charge is -2.26. The molecule has 1 aromatic rings. The maximum atomic E-state index is 5.98. The molecule has 2 heterocycles. The second-order valence-corrected chi connectivity index (χ2v) is 6.60. The van der Waals surface area contributed by atoms with Crippen LogP contribution < -0.4 is 10.1 Å². The van der Waals surface area contributed by atoms with Gasteiger partial charge in [0.1, 0.15) is 0 Å². The first kappa shape index (κ1) is 15.3. The van der Waals surface area contributed by atoms with Gasteiger partial charge in [-0.25, -0.2) is 4.68 Å². The first-order valence-electron chi connectivity index (χ1n) is 7.27. The Hall–Kier alpha value is -1.07. The maximum absolute atomic E-state index is 5.98. The van der Waals surface area contributed by atoms with Crippen LogP contribution in [0.15, 0.2) is 0 Å². The van der Waals surface area contributed by atoms with E-state index >= 15 is 0 Å². The standard InChI is InChI=1S/C15H27N3O2/c1-10-12(14(19-6)18(5)17-10)13-11(7-8-20-13)9-16-15(2,3)4/h11,13,16H,7-9H2,1-6H3. The average molecular weight is 281 g/mol. The molecule has 2 unspecified atom stereocenters. The van der Waals surface area contributed by atoms with Crippen molar-refractivity contribution in [1.29, 1.82) is 0 Å². The summed E-state index contributed by atoms with van der Waals surface area (Å²) in [4.78, 5) is 0. The van der Waals surface area contributed by atoms with Crippen molar-refractivity contribution in [3.05, 3.63) is 11.3 Å². The fraction of sp³-hybridized carbons (Fsp3) is 0.800. The number of rotatable bonds is 4. The number of nitrogens with one attached hydrogen (secondary N) is 1. The van der Waals surface area contributed by atoms with E-state index < -0.39 is 0 Å². The molecule has 1 aliphatic rings. The van der Waals surface area contributed by atoms with Gasteiger partial charge < -0.3 is 14.8 Å². The summed E-state index contributed by atoms with van der Waals surface area (Å²) in [7, 11) is 3.60. The Morgan fingerprint density at radius 3 is 2.75 bits per heavy atom. The molecule has 0 bridgehead atoms. The van der Waals surface area contributed by atoms with E-state index in [9.17, 15) is 0 Å². The Balaban J connectivity index is 2.19. The summed E-state index contributed by atoms with van der Waals surface area (Å²) in [5.41, 5.74) is 2.23. The van der Waals surface area contributed by atoms with Crippen molar-refractivity contribution in [2.75, 3.05) is 20.3 Å². The van der Waals surface area contributed by atoms with E-state index in [1.54, 1.807) is 11.8 Å². The molecule has 20 heavy (non-hydrogen) atoms. The largest absolute Gasteiger partial charge is 0.481 e. The Bertz CT molecular complexity index is 462. The second-order valence-electron chi connectivity index (χ2n) is 6.60. The van der Waals surface area contributed by atoms with E-state index in [0.29, 0.717) is 5.92 Å². The van der Waals surface area contributed by atoms with Crippen LogP contribution in [-0.4, -0.2) is 35.6 Å².